The first-order valence-corrected chi connectivity index (χ1v) is 16.3. The fraction of sp³-hybridized carbons (Fsp3) is 0.333. The van der Waals surface area contributed by atoms with Crippen molar-refractivity contribution in [3.05, 3.63) is 82.9 Å². The number of anilines is 2. The van der Waals surface area contributed by atoms with Crippen molar-refractivity contribution in [2.24, 2.45) is 5.92 Å². The van der Waals surface area contributed by atoms with Gasteiger partial charge in [-0.05, 0) is 73.1 Å². The lowest BCUT2D eigenvalue weighted by molar-refractivity contribution is -0.113. The van der Waals surface area contributed by atoms with Gasteiger partial charge in [0, 0.05) is 24.5 Å². The molecule has 1 saturated heterocycles. The van der Waals surface area contributed by atoms with Crippen LogP contribution in [0.5, 0.6) is 0 Å². The molecule has 0 atom stereocenters. The summed E-state index contributed by atoms with van der Waals surface area (Å²) < 4.78 is 1.70. The smallest absolute Gasteiger partial charge is 0.256 e. The highest BCUT2D eigenvalue weighted by atomic mass is 32.2. The molecule has 42 heavy (non-hydrogen) atoms. The summed E-state index contributed by atoms with van der Waals surface area (Å²) in [5, 5.41) is 6.07. The quantitative estimate of drug-likeness (QED) is 0.197. The number of thiazole rings is 1. The zero-order valence-electron chi connectivity index (χ0n) is 24.2. The highest BCUT2D eigenvalue weighted by Gasteiger charge is 2.25. The second-order valence-electron chi connectivity index (χ2n) is 10.6. The summed E-state index contributed by atoms with van der Waals surface area (Å²) in [4.78, 5) is 45.9. The van der Waals surface area contributed by atoms with Crippen molar-refractivity contribution in [2.75, 3.05) is 29.5 Å². The topological polar surface area (TPSA) is 91.4 Å². The van der Waals surface area contributed by atoms with Gasteiger partial charge in [-0.2, -0.15) is 0 Å². The summed E-state index contributed by atoms with van der Waals surface area (Å²) in [6.07, 6.45) is 3.67. The Morgan fingerprint density at radius 3 is 2.31 bits per heavy atom. The summed E-state index contributed by atoms with van der Waals surface area (Å²) in [7, 11) is 0. The summed E-state index contributed by atoms with van der Waals surface area (Å²) in [6.45, 7) is 7.81. The number of thioether (sulfide) groups is 1. The van der Waals surface area contributed by atoms with E-state index in [1.807, 2.05) is 29.2 Å². The number of benzene rings is 3. The summed E-state index contributed by atoms with van der Waals surface area (Å²) in [5.74, 6) is 0.391. The molecule has 9 heteroatoms. The maximum absolute atomic E-state index is 13.3. The van der Waals surface area contributed by atoms with Crippen LogP contribution in [-0.2, 0) is 17.6 Å². The van der Waals surface area contributed by atoms with Gasteiger partial charge >= 0.3 is 0 Å². The molecule has 5 rings (SSSR count). The van der Waals surface area contributed by atoms with Gasteiger partial charge in [0.15, 0.2) is 4.34 Å². The zero-order chi connectivity index (χ0) is 29.6. The number of amides is 3. The lowest BCUT2D eigenvalue weighted by atomic mass is 9.97. The van der Waals surface area contributed by atoms with Crippen LogP contribution in [0.4, 0.5) is 11.4 Å². The van der Waals surface area contributed by atoms with Crippen LogP contribution in [0.25, 0.3) is 10.2 Å². The Labute approximate surface area is 255 Å². The molecule has 3 amide bonds. The zero-order valence-corrected chi connectivity index (χ0v) is 25.9. The summed E-state index contributed by atoms with van der Waals surface area (Å²) >= 11 is 2.89. The second-order valence-corrected chi connectivity index (χ2v) is 12.9. The van der Waals surface area contributed by atoms with E-state index in [2.05, 4.69) is 48.5 Å². The van der Waals surface area contributed by atoms with E-state index in [9.17, 15) is 14.4 Å². The largest absolute Gasteiger partial charge is 0.339 e. The predicted octanol–water partition coefficient (Wildman–Crippen LogP) is 7.28. The number of aryl methyl sites for hydroxylation is 2. The van der Waals surface area contributed by atoms with Gasteiger partial charge in [-0.1, -0.05) is 62.9 Å². The Balaban J connectivity index is 1.24. The molecule has 0 unspecified atom stereocenters. The lowest BCUT2D eigenvalue weighted by Crippen LogP contribution is -2.38. The first kappa shape index (κ1) is 29.8. The number of aromatic nitrogens is 1. The molecule has 2 heterocycles. The third kappa shape index (κ3) is 6.85. The molecule has 0 saturated carbocycles. The highest BCUT2D eigenvalue weighted by Crippen LogP contribution is 2.32. The van der Waals surface area contributed by atoms with E-state index in [-0.39, 0.29) is 23.5 Å². The van der Waals surface area contributed by atoms with E-state index in [1.54, 1.807) is 24.3 Å². The van der Waals surface area contributed by atoms with Crippen molar-refractivity contribution >= 4 is 62.4 Å². The molecule has 0 spiro atoms. The van der Waals surface area contributed by atoms with E-state index in [0.29, 0.717) is 35.8 Å². The van der Waals surface area contributed by atoms with Crippen molar-refractivity contribution in [1.82, 2.24) is 9.88 Å². The van der Waals surface area contributed by atoms with Gasteiger partial charge < -0.3 is 15.5 Å². The Bertz CT molecular complexity index is 1590. The van der Waals surface area contributed by atoms with Crippen LogP contribution >= 0.6 is 23.1 Å². The molecule has 218 valence electrons. The van der Waals surface area contributed by atoms with E-state index >= 15 is 0 Å². The number of nitrogens with zero attached hydrogens (tertiary/aromatic N) is 2. The molecular formula is C33H36N4O3S2. The maximum atomic E-state index is 13.3. The molecule has 7 nitrogen and oxygen atoms in total. The fourth-order valence-electron chi connectivity index (χ4n) is 5.20. The van der Waals surface area contributed by atoms with Crippen molar-refractivity contribution in [3.8, 4) is 0 Å². The van der Waals surface area contributed by atoms with Crippen LogP contribution in [0.2, 0.25) is 0 Å². The van der Waals surface area contributed by atoms with Crippen molar-refractivity contribution in [1.29, 1.82) is 0 Å². The molecule has 2 N–H and O–H groups in total. The molecule has 1 aliphatic heterocycles. The van der Waals surface area contributed by atoms with Gasteiger partial charge in [0.1, 0.15) is 0 Å². The number of likely N-dealkylation sites (tertiary alicyclic amines) is 1. The monoisotopic (exact) mass is 600 g/mol. The van der Waals surface area contributed by atoms with E-state index < -0.39 is 0 Å². The minimum atomic E-state index is -0.321. The Morgan fingerprint density at radius 1 is 0.929 bits per heavy atom. The lowest BCUT2D eigenvalue weighted by Gasteiger charge is -2.30. The Morgan fingerprint density at radius 2 is 1.62 bits per heavy atom. The van der Waals surface area contributed by atoms with Gasteiger partial charge in [-0.25, -0.2) is 4.98 Å². The number of hydrogen-bond donors (Lipinski definition) is 2. The summed E-state index contributed by atoms with van der Waals surface area (Å²) in [6, 6.07) is 18.7. The second kappa shape index (κ2) is 13.5. The molecule has 3 aromatic carbocycles. The average Bonchev–Trinajstić information content (AvgIpc) is 3.42. The number of piperidine rings is 1. The van der Waals surface area contributed by atoms with Crippen LogP contribution in [-0.4, -0.2) is 46.4 Å². The Hall–Kier alpha value is -3.69. The first-order valence-electron chi connectivity index (χ1n) is 14.5. The van der Waals surface area contributed by atoms with Crippen molar-refractivity contribution in [2.45, 2.75) is 50.8 Å². The van der Waals surface area contributed by atoms with Gasteiger partial charge in [-0.15, -0.1) is 11.3 Å². The number of fused-ring (bicyclic) bond motifs is 1. The van der Waals surface area contributed by atoms with Gasteiger partial charge in [0.25, 0.3) is 11.8 Å². The molecule has 0 radical (unpaired) electrons. The fourth-order valence-corrected chi connectivity index (χ4v) is 7.10. The van der Waals surface area contributed by atoms with Crippen LogP contribution in [0, 0.1) is 5.92 Å². The predicted molar refractivity (Wildman–Crippen MR) is 173 cm³/mol. The number of carbonyl (C=O) groups is 3. The molecule has 1 aromatic heterocycles. The summed E-state index contributed by atoms with van der Waals surface area (Å²) in [5.41, 5.74) is 5.41. The van der Waals surface area contributed by atoms with Crippen LogP contribution in [0.15, 0.2) is 65.0 Å². The number of carbonyl (C=O) groups excluding carboxylic acids is 3. The average molecular weight is 601 g/mol. The van der Waals surface area contributed by atoms with Crippen LogP contribution in [0.3, 0.4) is 0 Å². The van der Waals surface area contributed by atoms with Gasteiger partial charge in [-0.3, -0.25) is 14.4 Å². The number of rotatable bonds is 9. The first-order chi connectivity index (χ1) is 20.4. The van der Waals surface area contributed by atoms with Gasteiger partial charge in [0.2, 0.25) is 5.91 Å². The highest BCUT2D eigenvalue weighted by molar-refractivity contribution is 8.01. The molecule has 0 bridgehead atoms. The van der Waals surface area contributed by atoms with E-state index in [1.165, 1.54) is 23.1 Å². The minimum absolute atomic E-state index is 0.0601. The molecule has 4 aromatic rings. The number of para-hydroxylation sites is 1. The third-order valence-corrected chi connectivity index (χ3v) is 9.85. The minimum Gasteiger partial charge on any atom is -0.339 e. The standard InChI is InChI=1S/C33H36N4O3S2/c1-4-22-9-8-10-23(5-2)30(22)36-29(38)20-41-33-35-27-14-13-24(19-28(27)42-33)34-31(39)25-11-6-7-12-26(25)32(40)37-17-15-21(3)16-18-37/h6-14,19,21H,4-5,15-18,20H2,1-3H3,(H,34,39)(H,36,38). The van der Waals surface area contributed by atoms with E-state index in [4.69, 9.17) is 0 Å². The molecule has 1 aliphatic rings. The number of nitrogens with one attached hydrogen (secondary N) is 2. The van der Waals surface area contributed by atoms with Crippen LogP contribution in [0.1, 0.15) is 65.5 Å². The molecule has 0 aliphatic carbocycles. The van der Waals surface area contributed by atoms with E-state index in [0.717, 1.165) is 57.1 Å². The van der Waals surface area contributed by atoms with Crippen molar-refractivity contribution < 1.29 is 14.4 Å². The van der Waals surface area contributed by atoms with Crippen LogP contribution < -0.4 is 10.6 Å². The molecule has 1 fully saturated rings. The van der Waals surface area contributed by atoms with Gasteiger partial charge in [0.05, 0.1) is 27.1 Å². The number of hydrogen-bond acceptors (Lipinski definition) is 6. The maximum Gasteiger partial charge on any atom is 0.256 e. The Kier molecular flexibility index (Phi) is 9.59. The SMILES string of the molecule is CCc1cccc(CC)c1NC(=O)CSc1nc2ccc(NC(=O)c3ccccc3C(=O)N3CCC(C)CC3)cc2s1. The molecular weight excluding hydrogens is 565 g/mol. The normalized spacial score (nSPS) is 13.7. The van der Waals surface area contributed by atoms with Crippen molar-refractivity contribution in [3.63, 3.8) is 0 Å². The third-order valence-electron chi connectivity index (χ3n) is 7.69.